The van der Waals surface area contributed by atoms with E-state index in [9.17, 15) is 22.8 Å². The molecule has 1 N–H and O–H groups in total. The Bertz CT molecular complexity index is 1450. The molecule has 0 bridgehead atoms. The number of methoxy groups -OCH3 is 1. The Morgan fingerprint density at radius 3 is 2.57 bits per heavy atom. The summed E-state index contributed by atoms with van der Waals surface area (Å²) in [6.45, 7) is 4.88. The molecule has 0 unspecified atom stereocenters. The van der Waals surface area contributed by atoms with Gasteiger partial charge >= 0.3 is 11.9 Å². The number of sulfone groups is 1. The number of oxime groups is 1. The highest BCUT2D eigenvalue weighted by Crippen LogP contribution is 2.33. The second-order valence-electron chi connectivity index (χ2n) is 10.5. The summed E-state index contributed by atoms with van der Waals surface area (Å²) in [5.41, 5.74) is 0.403. The van der Waals surface area contributed by atoms with Crippen LogP contribution in [0.4, 0.5) is 5.13 Å². The summed E-state index contributed by atoms with van der Waals surface area (Å²) in [7, 11) is -2.18. The van der Waals surface area contributed by atoms with Crippen molar-refractivity contribution in [1.82, 2.24) is 14.8 Å². The minimum atomic E-state index is -3.37. The third kappa shape index (κ3) is 6.97. The first-order chi connectivity index (χ1) is 20.2. The maximum Gasteiger partial charge on any atom is 0.396 e. The molecule has 5 rings (SSSR count). The fourth-order valence-electron chi connectivity index (χ4n) is 4.82. The van der Waals surface area contributed by atoms with Crippen molar-refractivity contribution in [2.24, 2.45) is 5.16 Å². The number of nitrogens with one attached hydrogen (secondary N) is 1. The molecule has 3 aliphatic rings. The van der Waals surface area contributed by atoms with Crippen molar-refractivity contribution in [3.63, 3.8) is 0 Å². The van der Waals surface area contributed by atoms with Crippen LogP contribution in [0, 0.1) is 0 Å². The lowest BCUT2D eigenvalue weighted by Crippen LogP contribution is -2.55. The van der Waals surface area contributed by atoms with Crippen molar-refractivity contribution < 1.29 is 37.1 Å². The van der Waals surface area contributed by atoms with Crippen LogP contribution in [0.5, 0.6) is 0 Å². The Morgan fingerprint density at radius 1 is 1.17 bits per heavy atom. The molecule has 2 atom stereocenters. The molecule has 1 saturated carbocycles. The van der Waals surface area contributed by atoms with E-state index in [2.05, 4.69) is 25.1 Å². The predicted octanol–water partition coefficient (Wildman–Crippen LogP) is 1.43. The molecule has 1 aromatic heterocycles. The van der Waals surface area contributed by atoms with E-state index in [-0.39, 0.29) is 28.0 Å². The standard InChI is InChI=1S/C27H33N5O8S2/c1-17-14-31(10-11-32(17)25(34)26(35)38-2)15-20-13-28-27(41-20)29-24(33)23(30-40-19-9-12-39-16-19)18-3-5-21(6-4-18)42(36,37)22-7-8-22/h3-6,13,17,19,22H,7-12,14-16H2,1-2H3,(H,28,29,33)/b30-23+/t17-,19+/m0/s1. The van der Waals surface area contributed by atoms with Gasteiger partial charge in [-0.2, -0.15) is 0 Å². The lowest BCUT2D eigenvalue weighted by Gasteiger charge is -2.39. The lowest BCUT2D eigenvalue weighted by molar-refractivity contribution is -0.160. The number of aromatic nitrogens is 1. The molecule has 2 aromatic rings. The number of amides is 2. The summed E-state index contributed by atoms with van der Waals surface area (Å²) >= 11 is 1.31. The highest BCUT2D eigenvalue weighted by Gasteiger charge is 2.37. The Balaban J connectivity index is 1.24. The van der Waals surface area contributed by atoms with Crippen LogP contribution < -0.4 is 5.32 Å². The zero-order valence-electron chi connectivity index (χ0n) is 23.4. The number of esters is 1. The zero-order chi connectivity index (χ0) is 29.9. The Labute approximate surface area is 247 Å². The van der Waals surface area contributed by atoms with Crippen LogP contribution in [0.2, 0.25) is 0 Å². The van der Waals surface area contributed by atoms with Gasteiger partial charge in [-0.25, -0.2) is 18.2 Å². The van der Waals surface area contributed by atoms with Crippen molar-refractivity contribution in [2.75, 3.05) is 45.3 Å². The third-order valence-corrected chi connectivity index (χ3v) is 10.5. The van der Waals surface area contributed by atoms with Gasteiger partial charge < -0.3 is 19.2 Å². The number of hydrogen-bond acceptors (Lipinski definition) is 12. The molecule has 13 nitrogen and oxygen atoms in total. The summed E-state index contributed by atoms with van der Waals surface area (Å²) in [6.07, 6.45) is 3.38. The molecule has 1 aromatic carbocycles. The molecular formula is C27H33N5O8S2. The molecule has 2 aliphatic heterocycles. The molecule has 42 heavy (non-hydrogen) atoms. The second-order valence-corrected chi connectivity index (χ2v) is 13.8. The largest absolute Gasteiger partial charge is 0.462 e. The monoisotopic (exact) mass is 619 g/mol. The molecule has 2 saturated heterocycles. The van der Waals surface area contributed by atoms with Gasteiger partial charge in [0.2, 0.25) is 0 Å². The number of rotatable bonds is 9. The van der Waals surface area contributed by atoms with E-state index in [0.29, 0.717) is 69.4 Å². The number of carbonyl (C=O) groups is 3. The number of hydrogen-bond donors (Lipinski definition) is 1. The molecule has 0 spiro atoms. The third-order valence-electron chi connectivity index (χ3n) is 7.30. The summed E-state index contributed by atoms with van der Waals surface area (Å²) in [5, 5.41) is 6.95. The van der Waals surface area contributed by atoms with E-state index in [4.69, 9.17) is 9.57 Å². The van der Waals surface area contributed by atoms with Crippen molar-refractivity contribution in [3.8, 4) is 0 Å². The van der Waals surface area contributed by atoms with Gasteiger partial charge in [-0.1, -0.05) is 17.3 Å². The number of piperazine rings is 1. The Hall–Kier alpha value is -3.40. The first-order valence-corrected chi connectivity index (χ1v) is 16.0. The van der Waals surface area contributed by atoms with Gasteiger partial charge in [0.25, 0.3) is 5.91 Å². The highest BCUT2D eigenvalue weighted by molar-refractivity contribution is 7.92. The average molecular weight is 620 g/mol. The quantitative estimate of drug-likeness (QED) is 0.189. The molecule has 3 fully saturated rings. The van der Waals surface area contributed by atoms with Crippen LogP contribution in [0.1, 0.15) is 36.6 Å². The highest BCUT2D eigenvalue weighted by atomic mass is 32.2. The van der Waals surface area contributed by atoms with E-state index < -0.39 is 27.6 Å². The van der Waals surface area contributed by atoms with Crippen LogP contribution in [0.25, 0.3) is 0 Å². The van der Waals surface area contributed by atoms with Crippen molar-refractivity contribution in [1.29, 1.82) is 0 Å². The molecule has 2 amide bonds. The molecule has 226 valence electrons. The molecule has 3 heterocycles. The van der Waals surface area contributed by atoms with Gasteiger partial charge in [-0.05, 0) is 31.9 Å². The first kappa shape index (κ1) is 30.1. The van der Waals surface area contributed by atoms with Crippen LogP contribution in [0.3, 0.4) is 0 Å². The van der Waals surface area contributed by atoms with E-state index in [1.807, 2.05) is 6.92 Å². The van der Waals surface area contributed by atoms with Crippen LogP contribution in [0.15, 0.2) is 40.5 Å². The zero-order valence-corrected chi connectivity index (χ0v) is 25.0. The maximum absolute atomic E-state index is 13.3. The van der Waals surface area contributed by atoms with Gasteiger partial charge in [0.15, 0.2) is 26.8 Å². The van der Waals surface area contributed by atoms with Crippen molar-refractivity contribution in [3.05, 3.63) is 40.9 Å². The second kappa shape index (κ2) is 12.9. The number of anilines is 1. The van der Waals surface area contributed by atoms with Gasteiger partial charge in [0, 0.05) is 55.3 Å². The van der Waals surface area contributed by atoms with E-state index in [0.717, 1.165) is 4.88 Å². The van der Waals surface area contributed by atoms with Crippen LogP contribution in [-0.4, -0.2) is 104 Å². The summed E-state index contributed by atoms with van der Waals surface area (Å²) in [4.78, 5) is 51.9. The fraction of sp³-hybridized carbons (Fsp3) is 0.519. The lowest BCUT2D eigenvalue weighted by atomic mass is 10.1. The first-order valence-electron chi connectivity index (χ1n) is 13.7. The van der Waals surface area contributed by atoms with Gasteiger partial charge in [-0.3, -0.25) is 19.8 Å². The Kier molecular flexibility index (Phi) is 9.20. The van der Waals surface area contributed by atoms with Crippen molar-refractivity contribution >= 4 is 49.8 Å². The topological polar surface area (TPSA) is 157 Å². The Morgan fingerprint density at radius 2 is 1.93 bits per heavy atom. The maximum atomic E-state index is 13.3. The number of nitrogens with zero attached hydrogens (tertiary/aromatic N) is 4. The summed E-state index contributed by atoms with van der Waals surface area (Å²) < 4.78 is 35.1. The van der Waals surface area contributed by atoms with Gasteiger partial charge in [0.05, 0.1) is 30.5 Å². The van der Waals surface area contributed by atoms with E-state index >= 15 is 0 Å². The van der Waals surface area contributed by atoms with Gasteiger partial charge in [0.1, 0.15) is 0 Å². The van der Waals surface area contributed by atoms with Crippen LogP contribution >= 0.6 is 11.3 Å². The smallest absolute Gasteiger partial charge is 0.396 e. The SMILES string of the molecule is COC(=O)C(=O)N1CCN(Cc2cnc(NC(=O)/C(=N/O[C@@H]3CCOC3)c3ccc(S(=O)(=O)C4CC4)cc3)s2)C[C@@H]1C. The van der Waals surface area contributed by atoms with E-state index in [1.54, 1.807) is 18.3 Å². The minimum Gasteiger partial charge on any atom is -0.462 e. The number of benzene rings is 1. The average Bonchev–Trinajstić information content (AvgIpc) is 3.56. The molecule has 15 heteroatoms. The normalized spacial score (nSPS) is 21.7. The molecule has 1 aliphatic carbocycles. The summed E-state index contributed by atoms with van der Waals surface area (Å²) in [6, 6.07) is 5.92. The summed E-state index contributed by atoms with van der Waals surface area (Å²) in [5.74, 6) is -2.06. The molecule has 0 radical (unpaired) electrons. The van der Waals surface area contributed by atoms with Crippen molar-refractivity contribution in [2.45, 2.75) is 55.0 Å². The van der Waals surface area contributed by atoms with E-state index in [1.165, 1.54) is 35.5 Å². The number of carbonyl (C=O) groups excluding carboxylic acids is 3. The predicted molar refractivity (Wildman–Crippen MR) is 153 cm³/mol. The molecular weight excluding hydrogens is 586 g/mol. The minimum absolute atomic E-state index is 0.00533. The van der Waals surface area contributed by atoms with Gasteiger partial charge in [-0.15, -0.1) is 11.3 Å². The number of thiazole rings is 1. The fourth-order valence-corrected chi connectivity index (χ4v) is 7.33. The van der Waals surface area contributed by atoms with Crippen LogP contribution in [-0.2, 0) is 45.1 Å². The number of ether oxygens (including phenoxy) is 2.